The van der Waals surface area contributed by atoms with Crippen LogP contribution in [0.3, 0.4) is 0 Å². The van der Waals surface area contributed by atoms with E-state index in [1.165, 1.54) is 26.7 Å². The quantitative estimate of drug-likeness (QED) is 0.135. The van der Waals surface area contributed by atoms with Crippen LogP contribution in [0.1, 0.15) is 68.8 Å². The van der Waals surface area contributed by atoms with Crippen molar-refractivity contribution in [1.29, 1.82) is 0 Å². The first-order chi connectivity index (χ1) is 27.8. The van der Waals surface area contributed by atoms with E-state index in [0.29, 0.717) is 55.9 Å². The SMILES string of the molecule is CCC1=C[C@H]2CN(C1)Cc1c([nH]c3ccc(N)cc13)[C@@](C(=O)OC)(c1cc3c(cc1OC)N(C)[C@@H]1C34CCN3CC=C[C@](CC)([C@H]34)[C@@H](OC(C)=O)[C@]1(O)C(=O)OC)C2. The Balaban J connectivity index is 1.37. The van der Waals surface area contributed by atoms with Crippen molar-refractivity contribution in [2.45, 2.75) is 87.6 Å². The van der Waals surface area contributed by atoms with Crippen LogP contribution < -0.4 is 15.4 Å². The highest BCUT2D eigenvalue weighted by Crippen LogP contribution is 2.68. The highest BCUT2D eigenvalue weighted by molar-refractivity contribution is 5.95. The number of esters is 3. The van der Waals surface area contributed by atoms with Gasteiger partial charge in [-0.2, -0.15) is 0 Å². The van der Waals surface area contributed by atoms with Crippen LogP contribution >= 0.6 is 0 Å². The number of nitrogen functional groups attached to an aromatic ring is 1. The number of benzene rings is 2. The van der Waals surface area contributed by atoms with E-state index in [1.54, 1.807) is 7.11 Å². The first-order valence-corrected chi connectivity index (χ1v) is 20.5. The average molecular weight is 794 g/mol. The van der Waals surface area contributed by atoms with Crippen LogP contribution in [0.15, 0.2) is 54.1 Å². The lowest BCUT2D eigenvalue weighted by Gasteiger charge is -2.63. The summed E-state index contributed by atoms with van der Waals surface area (Å²) in [7, 11) is 6.18. The van der Waals surface area contributed by atoms with Gasteiger partial charge >= 0.3 is 17.9 Å². The largest absolute Gasteiger partial charge is 0.496 e. The van der Waals surface area contributed by atoms with E-state index in [4.69, 9.17) is 24.7 Å². The Morgan fingerprint density at radius 2 is 1.79 bits per heavy atom. The minimum atomic E-state index is -2.29. The fourth-order valence-corrected chi connectivity index (χ4v) is 12.9. The fraction of sp³-hybridized carbons (Fsp3) is 0.533. The van der Waals surface area contributed by atoms with Crippen molar-refractivity contribution >= 4 is 40.2 Å². The molecule has 2 fully saturated rings. The van der Waals surface area contributed by atoms with Gasteiger partial charge in [-0.15, -0.1) is 0 Å². The molecule has 308 valence electrons. The van der Waals surface area contributed by atoms with E-state index < -0.39 is 51.9 Å². The van der Waals surface area contributed by atoms with Gasteiger partial charge in [0.05, 0.1) is 27.4 Å². The van der Waals surface area contributed by atoms with Gasteiger partial charge in [0.2, 0.25) is 5.60 Å². The lowest BCUT2D eigenvalue weighted by molar-refractivity contribution is -0.228. The van der Waals surface area contributed by atoms with Crippen molar-refractivity contribution in [2.75, 3.05) is 65.2 Å². The third kappa shape index (κ3) is 4.83. The van der Waals surface area contributed by atoms with Gasteiger partial charge in [0.15, 0.2) is 6.10 Å². The topological polar surface area (TPSA) is 160 Å². The minimum absolute atomic E-state index is 0.000701. The number of nitrogens with two attached hydrogens (primary N) is 1. The molecule has 5 aliphatic heterocycles. The van der Waals surface area contributed by atoms with Crippen molar-refractivity contribution < 1.29 is 38.4 Å². The number of aromatic amines is 1. The number of fused-ring (bicyclic) bond motifs is 6. The van der Waals surface area contributed by atoms with Gasteiger partial charge in [0, 0.05) is 96.6 Å². The highest BCUT2D eigenvalue weighted by atomic mass is 16.6. The third-order valence-electron chi connectivity index (χ3n) is 14.9. The molecule has 0 radical (unpaired) electrons. The summed E-state index contributed by atoms with van der Waals surface area (Å²) in [5, 5.41) is 14.3. The molecule has 58 heavy (non-hydrogen) atoms. The van der Waals surface area contributed by atoms with Crippen molar-refractivity contribution in [3.05, 3.63) is 76.5 Å². The molecule has 1 saturated heterocycles. The van der Waals surface area contributed by atoms with Gasteiger partial charge in [-0.05, 0) is 73.5 Å². The monoisotopic (exact) mass is 793 g/mol. The number of anilines is 2. The van der Waals surface area contributed by atoms with E-state index in [1.807, 2.05) is 43.1 Å². The second-order valence-corrected chi connectivity index (χ2v) is 17.4. The summed E-state index contributed by atoms with van der Waals surface area (Å²) in [6, 6.07) is 8.68. The summed E-state index contributed by atoms with van der Waals surface area (Å²) in [5.41, 5.74) is 7.73. The Kier molecular flexibility index (Phi) is 8.89. The van der Waals surface area contributed by atoms with Gasteiger partial charge in [-0.1, -0.05) is 37.6 Å². The molecular weight excluding hydrogens is 739 g/mol. The van der Waals surface area contributed by atoms with Crippen molar-refractivity contribution in [2.24, 2.45) is 11.3 Å². The van der Waals surface area contributed by atoms with Crippen LogP contribution in [0.5, 0.6) is 5.75 Å². The Bertz CT molecular complexity index is 2300. The van der Waals surface area contributed by atoms with E-state index in [2.05, 4.69) is 46.0 Å². The summed E-state index contributed by atoms with van der Waals surface area (Å²) in [6.45, 7) is 9.02. The van der Waals surface area contributed by atoms with E-state index in [9.17, 15) is 14.7 Å². The lowest BCUT2D eigenvalue weighted by atomic mass is 9.47. The average Bonchev–Trinajstić information content (AvgIpc) is 3.86. The molecule has 2 unspecified atom stereocenters. The van der Waals surface area contributed by atoms with Gasteiger partial charge in [-0.3, -0.25) is 19.4 Å². The number of H-pyrrole nitrogens is 1. The molecule has 4 N–H and O–H groups in total. The van der Waals surface area contributed by atoms with Gasteiger partial charge in [-0.25, -0.2) is 4.79 Å². The Labute approximate surface area is 339 Å². The number of likely N-dealkylation sites (N-methyl/N-ethyl adjacent to an activating group) is 1. The maximum Gasteiger partial charge on any atom is 0.344 e. The smallest absolute Gasteiger partial charge is 0.344 e. The van der Waals surface area contributed by atoms with Crippen LogP contribution in [-0.2, 0) is 46.0 Å². The van der Waals surface area contributed by atoms with Crippen molar-refractivity contribution in [1.82, 2.24) is 14.8 Å². The predicted octanol–water partition coefficient (Wildman–Crippen LogP) is 4.34. The summed E-state index contributed by atoms with van der Waals surface area (Å²) in [5.74, 6) is -1.41. The molecule has 1 spiro atoms. The molecule has 6 heterocycles. The van der Waals surface area contributed by atoms with Crippen LogP contribution in [-0.4, -0.2) is 116 Å². The zero-order valence-corrected chi connectivity index (χ0v) is 34.5. The van der Waals surface area contributed by atoms with Crippen LogP contribution in [0.2, 0.25) is 0 Å². The first kappa shape index (κ1) is 38.7. The Morgan fingerprint density at radius 1 is 1.02 bits per heavy atom. The zero-order valence-electron chi connectivity index (χ0n) is 34.5. The minimum Gasteiger partial charge on any atom is -0.496 e. The summed E-state index contributed by atoms with van der Waals surface area (Å²) >= 11 is 0. The molecule has 13 heteroatoms. The molecule has 1 aromatic heterocycles. The summed E-state index contributed by atoms with van der Waals surface area (Å²) in [6.07, 6.45) is 7.55. The van der Waals surface area contributed by atoms with Crippen molar-refractivity contribution in [3.63, 3.8) is 0 Å². The predicted molar refractivity (Wildman–Crippen MR) is 218 cm³/mol. The molecule has 13 nitrogen and oxygen atoms in total. The van der Waals surface area contributed by atoms with Crippen LogP contribution in [0.4, 0.5) is 11.4 Å². The highest BCUT2D eigenvalue weighted by Gasteiger charge is 2.80. The van der Waals surface area contributed by atoms with Crippen molar-refractivity contribution in [3.8, 4) is 5.75 Å². The molecule has 3 aromatic rings. The van der Waals surface area contributed by atoms with Crippen LogP contribution in [0, 0.1) is 11.3 Å². The zero-order chi connectivity index (χ0) is 41.1. The third-order valence-corrected chi connectivity index (χ3v) is 14.9. The fourth-order valence-electron chi connectivity index (χ4n) is 12.9. The molecule has 0 amide bonds. The molecule has 2 aromatic carbocycles. The number of methoxy groups -OCH3 is 3. The number of aromatic nitrogens is 1. The van der Waals surface area contributed by atoms with E-state index in [0.717, 1.165) is 52.9 Å². The molecule has 9 rings (SSSR count). The normalized spacial score (nSPS) is 34.5. The maximum atomic E-state index is 15.2. The molecule has 1 saturated carbocycles. The number of hydrogen-bond acceptors (Lipinski definition) is 12. The lowest BCUT2D eigenvalue weighted by Crippen LogP contribution is -2.81. The van der Waals surface area contributed by atoms with Crippen LogP contribution in [0.25, 0.3) is 10.9 Å². The number of nitrogens with zero attached hydrogens (tertiary/aromatic N) is 3. The summed E-state index contributed by atoms with van der Waals surface area (Å²) < 4.78 is 23.9. The molecule has 9 atom stereocenters. The van der Waals surface area contributed by atoms with Gasteiger partial charge in [0.25, 0.3) is 0 Å². The van der Waals surface area contributed by atoms with Gasteiger partial charge < -0.3 is 39.7 Å². The molecule has 1 aliphatic carbocycles. The second kappa shape index (κ2) is 13.3. The number of nitrogens with one attached hydrogen (secondary N) is 1. The Hall–Kier alpha value is -4.85. The number of rotatable bonds is 7. The molecule has 2 bridgehead atoms. The first-order valence-electron chi connectivity index (χ1n) is 20.5. The van der Waals surface area contributed by atoms with E-state index in [-0.39, 0.29) is 12.0 Å². The standard InChI is InChI=1S/C45H55N5O8/c1-8-26-17-27-21-44(40(52)56-6,36-30(24-49(22-26)23-27)29-18-28(46)11-12-33(29)47-36)32-19-31-34(20-35(32)55-5)48(4)38-43(31)14-16-50-15-10-13-42(9-2,37(43)50)39(58-25(3)51)45(38,54)41(53)57-7/h10-13,17-20,27,37-39,47,54H,8-9,14-16,21-24,46H2,1-7H3/t27-,37+,38-,39-,42-,43?,44+,45+/m1/s1. The molecule has 6 aliphatic rings. The Morgan fingerprint density at radius 3 is 2.48 bits per heavy atom. The molecular formula is C45H55N5O8. The summed E-state index contributed by atoms with van der Waals surface area (Å²) in [4.78, 5) is 53.1. The maximum absolute atomic E-state index is 15.2. The number of ether oxygens (including phenoxy) is 4. The van der Waals surface area contributed by atoms with Gasteiger partial charge in [0.1, 0.15) is 11.2 Å². The second-order valence-electron chi connectivity index (χ2n) is 17.4. The number of hydrogen-bond donors (Lipinski definition) is 3. The number of aliphatic hydroxyl groups is 1. The number of carbonyl (C=O) groups excluding carboxylic acids is 3. The number of carbonyl (C=O) groups is 3. The van der Waals surface area contributed by atoms with E-state index >= 15 is 4.79 Å².